The summed E-state index contributed by atoms with van der Waals surface area (Å²) in [7, 11) is -3.05. The highest BCUT2D eigenvalue weighted by atomic mass is 35.5. The lowest BCUT2D eigenvalue weighted by Gasteiger charge is -2.24. The van der Waals surface area contributed by atoms with Crippen LogP contribution in [0, 0.1) is 0 Å². The Labute approximate surface area is 381 Å². The standard InChI is InChI=1S/C23H26ClN3O5S.C21H22ClN3O5S/c1-5-26(6-2)33(30,31)32-21-19-17(24)14-11-15-18(19)25(4)22(28)20(21)23(29)27(7-3)16-12-9-8-10-13-16;1-5-25(14-10-7-6-8-11-14)21(27)18-19(30-31(28,29)23(2)3)17-15(22)12-9-13-16(17)24(4)20(18)26/h8-15H,5-7H2,1-4H3;6-13H,5H2,1-4H3. The highest BCUT2D eigenvalue weighted by molar-refractivity contribution is 7.85. The second kappa shape index (κ2) is 20.4. The summed E-state index contributed by atoms with van der Waals surface area (Å²) in [5.41, 5.74) is -0.412. The number of pyridine rings is 2. The van der Waals surface area contributed by atoms with Crippen LogP contribution in [0.2, 0.25) is 10.0 Å². The van der Waals surface area contributed by atoms with Crippen molar-refractivity contribution in [1.29, 1.82) is 0 Å². The first-order valence-corrected chi connectivity index (χ1v) is 23.4. The minimum Gasteiger partial charge on any atom is -0.369 e. The SMILES string of the molecule is CCN(C(=O)c1c(OS(=O)(=O)N(C)C)c2c(Cl)cccc2n(C)c1=O)c1ccccc1.CCN(C(=O)c1c(OS(=O)(=O)N(CC)CC)c2c(Cl)cccc2n(C)c1=O)c1ccccc1. The van der Waals surface area contributed by atoms with Crippen molar-refractivity contribution < 1.29 is 34.8 Å². The number of anilines is 2. The van der Waals surface area contributed by atoms with Gasteiger partial charge in [0.15, 0.2) is 11.5 Å². The van der Waals surface area contributed by atoms with Crippen molar-refractivity contribution in [2.45, 2.75) is 27.7 Å². The largest absolute Gasteiger partial charge is 0.385 e. The van der Waals surface area contributed by atoms with Gasteiger partial charge in [0.25, 0.3) is 22.9 Å². The van der Waals surface area contributed by atoms with E-state index in [1.807, 2.05) is 6.07 Å². The molecule has 0 atom stereocenters. The normalized spacial score (nSPS) is 11.7. The van der Waals surface area contributed by atoms with Crippen molar-refractivity contribution in [3.8, 4) is 11.5 Å². The summed E-state index contributed by atoms with van der Waals surface area (Å²) >= 11 is 12.8. The van der Waals surface area contributed by atoms with Crippen LogP contribution in [0.3, 0.4) is 0 Å². The maximum atomic E-state index is 13.7. The number of benzene rings is 4. The third-order valence-corrected chi connectivity index (χ3v) is 13.6. The van der Waals surface area contributed by atoms with Crippen LogP contribution in [0.15, 0.2) is 107 Å². The van der Waals surface area contributed by atoms with Gasteiger partial charge in [-0.05, 0) is 62.4 Å². The van der Waals surface area contributed by atoms with Crippen LogP contribution in [0.4, 0.5) is 11.4 Å². The average Bonchev–Trinajstić information content (AvgIpc) is 3.26. The van der Waals surface area contributed by atoms with E-state index in [0.29, 0.717) is 22.4 Å². The Kier molecular flexibility index (Phi) is 15.7. The number of carbonyl (C=O) groups is 2. The number of halogens is 2. The molecule has 0 N–H and O–H groups in total. The molecule has 0 bridgehead atoms. The van der Waals surface area contributed by atoms with Crippen LogP contribution in [0.25, 0.3) is 21.8 Å². The van der Waals surface area contributed by atoms with E-state index >= 15 is 0 Å². The van der Waals surface area contributed by atoms with E-state index in [9.17, 15) is 36.0 Å². The first-order valence-electron chi connectivity index (χ1n) is 19.9. The van der Waals surface area contributed by atoms with E-state index in [0.717, 1.165) is 8.61 Å². The molecule has 0 aliphatic heterocycles. The molecule has 64 heavy (non-hydrogen) atoms. The summed E-state index contributed by atoms with van der Waals surface area (Å²) in [6.07, 6.45) is 0. The molecule has 0 aliphatic carbocycles. The van der Waals surface area contributed by atoms with Crippen LogP contribution >= 0.6 is 23.2 Å². The Morgan fingerprint density at radius 1 is 0.547 bits per heavy atom. The molecule has 0 aliphatic rings. The molecule has 0 unspecified atom stereocenters. The number of aromatic nitrogens is 2. The van der Waals surface area contributed by atoms with Crippen molar-refractivity contribution in [1.82, 2.24) is 17.7 Å². The van der Waals surface area contributed by atoms with Gasteiger partial charge in [-0.15, -0.1) is 0 Å². The lowest BCUT2D eigenvalue weighted by atomic mass is 10.1. The molecule has 20 heteroatoms. The predicted octanol–water partition coefficient (Wildman–Crippen LogP) is 6.87. The van der Waals surface area contributed by atoms with Gasteiger partial charge in [0.1, 0.15) is 11.1 Å². The lowest BCUT2D eigenvalue weighted by Crippen LogP contribution is -2.39. The molecule has 16 nitrogen and oxygen atoms in total. The van der Waals surface area contributed by atoms with Gasteiger partial charge in [-0.1, -0.05) is 85.6 Å². The van der Waals surface area contributed by atoms with Gasteiger partial charge in [-0.25, -0.2) is 0 Å². The molecule has 0 radical (unpaired) electrons. The number of hydrogen-bond acceptors (Lipinski definition) is 10. The average molecular weight is 956 g/mol. The third-order valence-electron chi connectivity index (χ3n) is 10.2. The van der Waals surface area contributed by atoms with Crippen molar-refractivity contribution >= 4 is 88.8 Å². The number of para-hydroxylation sites is 2. The first-order chi connectivity index (χ1) is 30.3. The van der Waals surface area contributed by atoms with Gasteiger partial charge in [-0.3, -0.25) is 19.2 Å². The molecule has 340 valence electrons. The first kappa shape index (κ1) is 49.3. The molecular formula is C44H48Cl2N6O10S2. The fraction of sp³-hybridized carbons (Fsp3) is 0.273. The zero-order valence-electron chi connectivity index (χ0n) is 36.4. The molecule has 0 fully saturated rings. The van der Waals surface area contributed by atoms with E-state index in [-0.39, 0.29) is 52.7 Å². The van der Waals surface area contributed by atoms with Crippen LogP contribution in [-0.2, 0) is 34.7 Å². The second-order valence-corrected chi connectivity index (χ2v) is 18.2. The second-order valence-electron chi connectivity index (χ2n) is 14.1. The monoisotopic (exact) mass is 954 g/mol. The van der Waals surface area contributed by atoms with Gasteiger partial charge < -0.3 is 27.3 Å². The summed E-state index contributed by atoms with van der Waals surface area (Å²) in [6, 6.07) is 27.1. The molecule has 6 aromatic rings. The van der Waals surface area contributed by atoms with Gasteiger partial charge in [0.05, 0.1) is 31.9 Å². The Morgan fingerprint density at radius 3 is 1.23 bits per heavy atom. The highest BCUT2D eigenvalue weighted by Gasteiger charge is 2.34. The van der Waals surface area contributed by atoms with Gasteiger partial charge in [0, 0.05) is 65.7 Å². The third kappa shape index (κ3) is 9.81. The summed E-state index contributed by atoms with van der Waals surface area (Å²) in [5, 5.41) is 0.632. The fourth-order valence-electron chi connectivity index (χ4n) is 6.83. The van der Waals surface area contributed by atoms with E-state index < -0.39 is 60.4 Å². The summed E-state index contributed by atoms with van der Waals surface area (Å²) in [4.78, 5) is 56.7. The van der Waals surface area contributed by atoms with Gasteiger partial charge in [-0.2, -0.15) is 25.4 Å². The summed E-state index contributed by atoms with van der Waals surface area (Å²) in [5.74, 6) is -2.14. The number of aryl methyl sites for hydroxylation is 2. The minimum absolute atomic E-state index is 0.147. The topological polar surface area (TPSA) is 178 Å². The Balaban J connectivity index is 0.000000241. The van der Waals surface area contributed by atoms with Crippen LogP contribution in [-0.4, -0.2) is 86.7 Å². The predicted molar refractivity (Wildman–Crippen MR) is 252 cm³/mol. The number of nitrogens with zero attached hydrogens (tertiary/aromatic N) is 6. The van der Waals surface area contributed by atoms with E-state index in [1.165, 1.54) is 53.2 Å². The van der Waals surface area contributed by atoms with Crippen LogP contribution in [0.1, 0.15) is 48.4 Å². The van der Waals surface area contributed by atoms with Gasteiger partial charge in [0.2, 0.25) is 0 Å². The molecule has 6 rings (SSSR count). The minimum atomic E-state index is -4.31. The van der Waals surface area contributed by atoms with Gasteiger partial charge >= 0.3 is 20.6 Å². The van der Waals surface area contributed by atoms with E-state index in [4.69, 9.17) is 31.6 Å². The lowest BCUT2D eigenvalue weighted by molar-refractivity contribution is 0.0976. The van der Waals surface area contributed by atoms with E-state index in [1.54, 1.807) is 113 Å². The molecule has 0 saturated heterocycles. The number of rotatable bonds is 14. The number of amides is 2. The summed E-state index contributed by atoms with van der Waals surface area (Å²) < 4.78 is 66.5. The smallest absolute Gasteiger partial charge is 0.369 e. The number of carbonyl (C=O) groups excluding carboxylic acids is 2. The molecule has 2 amide bonds. The molecule has 0 spiro atoms. The van der Waals surface area contributed by atoms with Crippen molar-refractivity contribution in [3.63, 3.8) is 0 Å². The zero-order chi connectivity index (χ0) is 47.3. The molecule has 2 heterocycles. The Bertz CT molecular complexity index is 3050. The fourth-order valence-corrected chi connectivity index (χ4v) is 8.98. The zero-order valence-corrected chi connectivity index (χ0v) is 39.5. The Hall–Kier alpha value is -5.76. The summed E-state index contributed by atoms with van der Waals surface area (Å²) in [6.45, 7) is 7.64. The molecular weight excluding hydrogens is 908 g/mol. The van der Waals surface area contributed by atoms with Crippen molar-refractivity contribution in [2.75, 3.05) is 50.1 Å². The quantitative estimate of drug-likeness (QED) is 0.112. The number of fused-ring (bicyclic) bond motifs is 2. The molecule has 4 aromatic carbocycles. The molecule has 0 saturated carbocycles. The van der Waals surface area contributed by atoms with Crippen LogP contribution < -0.4 is 29.3 Å². The van der Waals surface area contributed by atoms with Crippen molar-refractivity contribution in [3.05, 3.63) is 139 Å². The van der Waals surface area contributed by atoms with Crippen molar-refractivity contribution in [2.24, 2.45) is 14.1 Å². The van der Waals surface area contributed by atoms with Crippen LogP contribution in [0.5, 0.6) is 11.5 Å². The molecule has 2 aromatic heterocycles. The Morgan fingerprint density at radius 2 is 0.906 bits per heavy atom. The maximum absolute atomic E-state index is 13.7. The maximum Gasteiger partial charge on any atom is 0.385 e. The van der Waals surface area contributed by atoms with E-state index in [2.05, 4.69) is 0 Å². The highest BCUT2D eigenvalue weighted by Crippen LogP contribution is 2.37. The number of hydrogen-bond donors (Lipinski definition) is 0.